The lowest BCUT2D eigenvalue weighted by molar-refractivity contribution is 0.385. The van der Waals surface area contributed by atoms with E-state index in [2.05, 4.69) is 15.1 Å². The minimum absolute atomic E-state index is 0.557. The maximum absolute atomic E-state index is 5.85. The molecule has 0 unspecified atom stereocenters. The molecular formula is C15H12ClN3O. The van der Waals surface area contributed by atoms with Gasteiger partial charge in [0.15, 0.2) is 0 Å². The van der Waals surface area contributed by atoms with E-state index in [9.17, 15) is 0 Å². The van der Waals surface area contributed by atoms with E-state index in [-0.39, 0.29) is 0 Å². The first-order valence-corrected chi connectivity index (χ1v) is 6.58. The van der Waals surface area contributed by atoms with Crippen LogP contribution < -0.4 is 0 Å². The molecule has 0 aliphatic carbocycles. The van der Waals surface area contributed by atoms with E-state index < -0.39 is 0 Å². The molecule has 1 aromatic carbocycles. The molecule has 3 aromatic rings. The van der Waals surface area contributed by atoms with E-state index in [1.54, 1.807) is 6.20 Å². The second kappa shape index (κ2) is 5.43. The van der Waals surface area contributed by atoms with E-state index in [0.29, 0.717) is 23.2 Å². The first kappa shape index (κ1) is 12.8. The molecule has 2 aromatic heterocycles. The largest absolute Gasteiger partial charge is 0.339 e. The Balaban J connectivity index is 1.80. The Morgan fingerprint density at radius 3 is 2.60 bits per heavy atom. The molecule has 20 heavy (non-hydrogen) atoms. The standard InChI is InChI=1S/C15H12ClN3O/c1-10-2-5-12(9-17-10)15-18-14(20-19-15)8-11-3-6-13(16)7-4-11/h2-7,9H,8H2,1H3. The van der Waals surface area contributed by atoms with Crippen molar-refractivity contribution in [3.8, 4) is 11.4 Å². The van der Waals surface area contributed by atoms with E-state index in [1.807, 2.05) is 43.3 Å². The van der Waals surface area contributed by atoms with Crippen LogP contribution in [-0.4, -0.2) is 15.1 Å². The molecule has 0 fully saturated rings. The number of hydrogen-bond acceptors (Lipinski definition) is 4. The molecule has 4 nitrogen and oxygen atoms in total. The Hall–Kier alpha value is -2.20. The summed E-state index contributed by atoms with van der Waals surface area (Å²) < 4.78 is 5.26. The van der Waals surface area contributed by atoms with Gasteiger partial charge in [-0.05, 0) is 36.8 Å². The van der Waals surface area contributed by atoms with Gasteiger partial charge >= 0.3 is 0 Å². The van der Waals surface area contributed by atoms with Crippen molar-refractivity contribution in [3.05, 3.63) is 64.8 Å². The zero-order valence-corrected chi connectivity index (χ0v) is 11.6. The van der Waals surface area contributed by atoms with Crippen LogP contribution in [0.5, 0.6) is 0 Å². The Bertz CT molecular complexity index is 705. The van der Waals surface area contributed by atoms with Crippen LogP contribution in [0.15, 0.2) is 47.1 Å². The highest BCUT2D eigenvalue weighted by Crippen LogP contribution is 2.17. The smallest absolute Gasteiger partial charge is 0.231 e. The highest BCUT2D eigenvalue weighted by molar-refractivity contribution is 6.30. The molecule has 0 spiro atoms. The molecule has 3 rings (SSSR count). The monoisotopic (exact) mass is 285 g/mol. The van der Waals surface area contributed by atoms with Crippen molar-refractivity contribution in [1.29, 1.82) is 0 Å². The Morgan fingerprint density at radius 1 is 1.10 bits per heavy atom. The summed E-state index contributed by atoms with van der Waals surface area (Å²) >= 11 is 5.85. The third kappa shape index (κ3) is 2.86. The lowest BCUT2D eigenvalue weighted by Gasteiger charge is -1.96. The zero-order valence-electron chi connectivity index (χ0n) is 10.9. The molecule has 100 valence electrons. The van der Waals surface area contributed by atoms with Gasteiger partial charge in [0.25, 0.3) is 0 Å². The molecule has 0 N–H and O–H groups in total. The normalized spacial score (nSPS) is 10.7. The molecule has 0 atom stereocenters. The summed E-state index contributed by atoms with van der Waals surface area (Å²) in [6.07, 6.45) is 2.33. The maximum Gasteiger partial charge on any atom is 0.231 e. The summed E-state index contributed by atoms with van der Waals surface area (Å²) in [7, 11) is 0. The minimum Gasteiger partial charge on any atom is -0.339 e. The molecule has 0 radical (unpaired) electrons. The number of benzene rings is 1. The van der Waals surface area contributed by atoms with Crippen LogP contribution in [0.2, 0.25) is 5.02 Å². The first-order valence-electron chi connectivity index (χ1n) is 6.21. The Morgan fingerprint density at radius 2 is 1.90 bits per heavy atom. The fraction of sp³-hybridized carbons (Fsp3) is 0.133. The van der Waals surface area contributed by atoms with Crippen molar-refractivity contribution in [1.82, 2.24) is 15.1 Å². The summed E-state index contributed by atoms with van der Waals surface area (Å²) in [5.74, 6) is 1.13. The molecule has 0 aliphatic rings. The average Bonchev–Trinajstić information content (AvgIpc) is 2.91. The van der Waals surface area contributed by atoms with Gasteiger partial charge in [0, 0.05) is 22.5 Å². The lowest BCUT2D eigenvalue weighted by Crippen LogP contribution is -1.89. The fourth-order valence-corrected chi connectivity index (χ4v) is 1.95. The SMILES string of the molecule is Cc1ccc(-c2noc(Cc3ccc(Cl)cc3)n2)cn1. The van der Waals surface area contributed by atoms with E-state index in [0.717, 1.165) is 16.8 Å². The van der Waals surface area contributed by atoms with Gasteiger partial charge in [0.1, 0.15) is 0 Å². The summed E-state index contributed by atoms with van der Waals surface area (Å²) in [4.78, 5) is 8.60. The predicted octanol–water partition coefficient (Wildman–Crippen LogP) is 3.68. The average molecular weight is 286 g/mol. The molecule has 5 heteroatoms. The van der Waals surface area contributed by atoms with Crippen LogP contribution in [0.25, 0.3) is 11.4 Å². The van der Waals surface area contributed by atoms with Crippen LogP contribution in [0.3, 0.4) is 0 Å². The summed E-state index contributed by atoms with van der Waals surface area (Å²) in [5.41, 5.74) is 2.88. The van der Waals surface area contributed by atoms with Crippen LogP contribution in [-0.2, 0) is 6.42 Å². The van der Waals surface area contributed by atoms with Gasteiger partial charge in [-0.3, -0.25) is 4.98 Å². The number of rotatable bonds is 3. The van der Waals surface area contributed by atoms with Gasteiger partial charge in [-0.1, -0.05) is 28.9 Å². The minimum atomic E-state index is 0.557. The zero-order chi connectivity index (χ0) is 13.9. The van der Waals surface area contributed by atoms with Crippen LogP contribution in [0.4, 0.5) is 0 Å². The number of halogens is 1. The van der Waals surface area contributed by atoms with Crippen molar-refractivity contribution in [2.45, 2.75) is 13.3 Å². The number of pyridine rings is 1. The molecule has 0 saturated carbocycles. The van der Waals surface area contributed by atoms with Crippen molar-refractivity contribution in [2.24, 2.45) is 0 Å². The van der Waals surface area contributed by atoms with Gasteiger partial charge in [0.05, 0.1) is 6.42 Å². The lowest BCUT2D eigenvalue weighted by atomic mass is 10.1. The maximum atomic E-state index is 5.85. The summed E-state index contributed by atoms with van der Waals surface area (Å²) in [6.45, 7) is 1.94. The van der Waals surface area contributed by atoms with Crippen molar-refractivity contribution in [3.63, 3.8) is 0 Å². The second-order valence-electron chi connectivity index (χ2n) is 4.50. The summed E-state index contributed by atoms with van der Waals surface area (Å²) in [5, 5.41) is 4.69. The number of aryl methyl sites for hydroxylation is 1. The quantitative estimate of drug-likeness (QED) is 0.736. The summed E-state index contributed by atoms with van der Waals surface area (Å²) in [6, 6.07) is 11.4. The van der Waals surface area contributed by atoms with Crippen molar-refractivity contribution >= 4 is 11.6 Å². The first-order chi connectivity index (χ1) is 9.70. The van der Waals surface area contributed by atoms with Crippen molar-refractivity contribution in [2.75, 3.05) is 0 Å². The van der Waals surface area contributed by atoms with Gasteiger partial charge in [0.2, 0.25) is 11.7 Å². The van der Waals surface area contributed by atoms with Gasteiger partial charge < -0.3 is 4.52 Å². The Labute approximate surface area is 121 Å². The second-order valence-corrected chi connectivity index (χ2v) is 4.94. The molecular weight excluding hydrogens is 274 g/mol. The fourth-order valence-electron chi connectivity index (χ4n) is 1.82. The predicted molar refractivity (Wildman–Crippen MR) is 76.5 cm³/mol. The van der Waals surface area contributed by atoms with Crippen LogP contribution in [0.1, 0.15) is 17.1 Å². The van der Waals surface area contributed by atoms with Gasteiger partial charge in [-0.2, -0.15) is 4.98 Å². The van der Waals surface area contributed by atoms with Crippen LogP contribution >= 0.6 is 11.6 Å². The Kier molecular flexibility index (Phi) is 3.48. The number of hydrogen-bond donors (Lipinski definition) is 0. The molecule has 0 amide bonds. The highest BCUT2D eigenvalue weighted by atomic mass is 35.5. The molecule has 2 heterocycles. The third-order valence-corrected chi connectivity index (χ3v) is 3.16. The van der Waals surface area contributed by atoms with E-state index in [4.69, 9.17) is 16.1 Å². The van der Waals surface area contributed by atoms with E-state index in [1.165, 1.54) is 0 Å². The molecule has 0 bridgehead atoms. The highest BCUT2D eigenvalue weighted by Gasteiger charge is 2.09. The van der Waals surface area contributed by atoms with Gasteiger partial charge in [-0.25, -0.2) is 0 Å². The molecule has 0 saturated heterocycles. The molecule has 0 aliphatic heterocycles. The third-order valence-electron chi connectivity index (χ3n) is 2.91. The van der Waals surface area contributed by atoms with Gasteiger partial charge in [-0.15, -0.1) is 0 Å². The number of nitrogens with zero attached hydrogens (tertiary/aromatic N) is 3. The van der Waals surface area contributed by atoms with E-state index >= 15 is 0 Å². The topological polar surface area (TPSA) is 51.8 Å². The number of aromatic nitrogens is 3. The van der Waals surface area contributed by atoms with Crippen LogP contribution in [0, 0.1) is 6.92 Å². The van der Waals surface area contributed by atoms with Crippen molar-refractivity contribution < 1.29 is 4.52 Å².